The smallest absolute Gasteiger partial charge is 0.320 e. The molecule has 3 amide bonds. The molecule has 3 N–H and O–H groups in total. The summed E-state index contributed by atoms with van der Waals surface area (Å²) in [5.41, 5.74) is 0.482. The van der Waals surface area contributed by atoms with Crippen LogP contribution in [0.25, 0.3) is 0 Å². The van der Waals surface area contributed by atoms with Crippen LogP contribution < -0.4 is 16.0 Å². The van der Waals surface area contributed by atoms with Crippen molar-refractivity contribution >= 4 is 34.9 Å². The molecular weight excluding hydrogens is 400 g/mol. The molecule has 0 fully saturated rings. The summed E-state index contributed by atoms with van der Waals surface area (Å²) in [5, 5.41) is 7.71. The summed E-state index contributed by atoms with van der Waals surface area (Å²) in [4.78, 5) is 25.2. The van der Waals surface area contributed by atoms with Gasteiger partial charge in [-0.1, -0.05) is 54.1 Å². The van der Waals surface area contributed by atoms with Gasteiger partial charge >= 0.3 is 6.03 Å². The zero-order chi connectivity index (χ0) is 20.8. The van der Waals surface area contributed by atoms with Crippen molar-refractivity contribution in [3.05, 3.63) is 95.0 Å². The van der Waals surface area contributed by atoms with Gasteiger partial charge in [-0.3, -0.25) is 4.79 Å². The fourth-order valence-corrected chi connectivity index (χ4v) is 2.78. The molecule has 3 rings (SSSR count). The third-order valence-corrected chi connectivity index (χ3v) is 4.31. The number of benzene rings is 3. The maximum atomic E-state index is 13.9. The number of rotatable bonds is 5. The number of hydrogen-bond acceptors (Lipinski definition) is 2. The molecule has 29 heavy (non-hydrogen) atoms. The molecule has 0 spiro atoms. The van der Waals surface area contributed by atoms with Gasteiger partial charge < -0.3 is 16.0 Å². The van der Waals surface area contributed by atoms with E-state index in [4.69, 9.17) is 11.6 Å². The predicted molar refractivity (Wildman–Crippen MR) is 108 cm³/mol. The van der Waals surface area contributed by atoms with Crippen LogP contribution in [0.3, 0.4) is 0 Å². The molecule has 1 atom stereocenters. The number of carbonyl (C=O) groups is 2. The minimum absolute atomic E-state index is 0.324. The fraction of sp³-hybridized carbons (Fsp3) is 0.0476. The average molecular weight is 416 g/mol. The first-order chi connectivity index (χ1) is 13.9. The lowest BCUT2D eigenvalue weighted by atomic mass is 10.1. The molecule has 0 saturated carbocycles. The van der Waals surface area contributed by atoms with Crippen molar-refractivity contribution < 1.29 is 18.4 Å². The molecule has 0 aromatic heterocycles. The monoisotopic (exact) mass is 415 g/mol. The molecule has 0 heterocycles. The summed E-state index contributed by atoms with van der Waals surface area (Å²) < 4.78 is 27.3. The van der Waals surface area contributed by atoms with E-state index in [1.165, 1.54) is 0 Å². The van der Waals surface area contributed by atoms with E-state index in [1.807, 2.05) is 0 Å². The first-order valence-electron chi connectivity index (χ1n) is 8.57. The van der Waals surface area contributed by atoms with Crippen LogP contribution in [0.15, 0.2) is 72.8 Å². The molecule has 148 valence electrons. The molecule has 3 aromatic carbocycles. The van der Waals surface area contributed by atoms with Gasteiger partial charge in [-0.15, -0.1) is 0 Å². The van der Waals surface area contributed by atoms with Gasteiger partial charge in [-0.2, -0.15) is 0 Å². The van der Waals surface area contributed by atoms with Crippen LogP contribution in [-0.4, -0.2) is 11.9 Å². The van der Waals surface area contributed by atoms with Crippen molar-refractivity contribution in [2.45, 2.75) is 6.04 Å². The van der Waals surface area contributed by atoms with E-state index in [0.717, 1.165) is 18.2 Å². The lowest BCUT2D eigenvalue weighted by Crippen LogP contribution is -2.39. The lowest BCUT2D eigenvalue weighted by Gasteiger charge is -2.20. The second kappa shape index (κ2) is 9.16. The Labute approximate surface area is 170 Å². The fourth-order valence-electron chi connectivity index (χ4n) is 2.60. The van der Waals surface area contributed by atoms with Gasteiger partial charge in [-0.05, 0) is 29.8 Å². The summed E-state index contributed by atoms with van der Waals surface area (Å²) in [6.45, 7) is 0. The molecule has 8 heteroatoms. The number of hydrogen-bond donors (Lipinski definition) is 3. The molecular formula is C21H16ClF2N3O2. The number of anilines is 2. The van der Waals surface area contributed by atoms with Gasteiger partial charge in [0, 0.05) is 6.07 Å². The van der Waals surface area contributed by atoms with Gasteiger partial charge in [0.15, 0.2) is 0 Å². The molecule has 3 aromatic rings. The van der Waals surface area contributed by atoms with Gasteiger partial charge in [-0.25, -0.2) is 13.6 Å². The van der Waals surface area contributed by atoms with E-state index in [0.29, 0.717) is 16.3 Å². The Bertz CT molecular complexity index is 1030. The summed E-state index contributed by atoms with van der Waals surface area (Å²) in [6.07, 6.45) is 0. The Balaban J connectivity index is 1.81. The largest absolute Gasteiger partial charge is 0.322 e. The second-order valence-corrected chi connectivity index (χ2v) is 6.44. The second-order valence-electron chi connectivity index (χ2n) is 6.04. The Morgan fingerprint density at radius 3 is 2.24 bits per heavy atom. The molecule has 0 aliphatic carbocycles. The molecule has 0 bridgehead atoms. The number of amides is 3. The average Bonchev–Trinajstić information content (AvgIpc) is 2.71. The van der Waals surface area contributed by atoms with Crippen LogP contribution in [0.5, 0.6) is 0 Å². The van der Waals surface area contributed by atoms with Crippen molar-refractivity contribution in [2.75, 3.05) is 10.6 Å². The molecule has 5 nitrogen and oxygen atoms in total. The highest BCUT2D eigenvalue weighted by Crippen LogP contribution is 2.22. The van der Waals surface area contributed by atoms with E-state index < -0.39 is 29.6 Å². The van der Waals surface area contributed by atoms with Crippen LogP contribution in [-0.2, 0) is 4.79 Å². The van der Waals surface area contributed by atoms with E-state index in [2.05, 4.69) is 16.0 Å². The number of halogens is 3. The molecule has 0 unspecified atom stereocenters. The molecule has 0 radical (unpaired) electrons. The van der Waals surface area contributed by atoms with Crippen molar-refractivity contribution in [3.63, 3.8) is 0 Å². The van der Waals surface area contributed by atoms with Gasteiger partial charge in [0.05, 0.1) is 16.4 Å². The van der Waals surface area contributed by atoms with E-state index in [9.17, 15) is 18.4 Å². The Morgan fingerprint density at radius 1 is 0.828 bits per heavy atom. The van der Waals surface area contributed by atoms with Gasteiger partial charge in [0.1, 0.15) is 17.7 Å². The topological polar surface area (TPSA) is 70.2 Å². The Morgan fingerprint density at radius 2 is 1.52 bits per heavy atom. The summed E-state index contributed by atoms with van der Waals surface area (Å²) >= 11 is 6.03. The van der Waals surface area contributed by atoms with E-state index in [-0.39, 0.29) is 5.69 Å². The minimum Gasteiger partial charge on any atom is -0.322 e. The number of para-hydroxylation sites is 1. The van der Waals surface area contributed by atoms with Crippen molar-refractivity contribution in [1.29, 1.82) is 0 Å². The van der Waals surface area contributed by atoms with Gasteiger partial charge in [0.25, 0.3) is 5.91 Å². The van der Waals surface area contributed by atoms with Crippen molar-refractivity contribution in [1.82, 2.24) is 5.32 Å². The zero-order valence-electron chi connectivity index (χ0n) is 15.0. The minimum atomic E-state index is -1.17. The van der Waals surface area contributed by atoms with Crippen molar-refractivity contribution in [2.24, 2.45) is 0 Å². The Hall–Kier alpha value is -3.45. The predicted octanol–water partition coefficient (Wildman–Crippen LogP) is 5.12. The maximum Gasteiger partial charge on any atom is 0.320 e. The summed E-state index contributed by atoms with van der Waals surface area (Å²) in [5.74, 6) is -2.25. The zero-order valence-corrected chi connectivity index (χ0v) is 15.7. The van der Waals surface area contributed by atoms with Crippen molar-refractivity contribution in [3.8, 4) is 0 Å². The SMILES string of the molecule is O=C(Nc1ccccc1Cl)N[C@@H](C(=O)Nc1cc(F)ccc1F)c1ccccc1. The van der Waals surface area contributed by atoms with E-state index >= 15 is 0 Å². The highest BCUT2D eigenvalue weighted by molar-refractivity contribution is 6.33. The quantitative estimate of drug-likeness (QED) is 0.541. The van der Waals surface area contributed by atoms with Crippen LogP contribution in [0, 0.1) is 11.6 Å². The first-order valence-corrected chi connectivity index (χ1v) is 8.95. The lowest BCUT2D eigenvalue weighted by molar-refractivity contribution is -0.118. The number of urea groups is 1. The van der Waals surface area contributed by atoms with Crippen LogP contribution in [0.4, 0.5) is 25.0 Å². The molecule has 0 saturated heterocycles. The van der Waals surface area contributed by atoms with E-state index in [1.54, 1.807) is 54.6 Å². The third-order valence-electron chi connectivity index (χ3n) is 3.98. The molecule has 0 aliphatic rings. The Kier molecular flexibility index (Phi) is 6.41. The van der Waals surface area contributed by atoms with Crippen LogP contribution in [0.1, 0.15) is 11.6 Å². The highest BCUT2D eigenvalue weighted by Gasteiger charge is 2.24. The van der Waals surface area contributed by atoms with Crippen LogP contribution in [0.2, 0.25) is 5.02 Å². The number of carbonyl (C=O) groups excluding carboxylic acids is 2. The standard InChI is InChI=1S/C21H16ClF2N3O2/c22-15-8-4-5-9-17(15)26-21(29)27-19(13-6-2-1-3-7-13)20(28)25-18-12-14(23)10-11-16(18)24/h1-12,19H,(H,25,28)(H2,26,27,29)/t19-/m1/s1. The van der Waals surface area contributed by atoms with Gasteiger partial charge in [0.2, 0.25) is 0 Å². The van der Waals surface area contributed by atoms with Crippen LogP contribution >= 0.6 is 11.6 Å². The molecule has 0 aliphatic heterocycles. The highest BCUT2D eigenvalue weighted by atomic mass is 35.5. The summed E-state index contributed by atoms with van der Waals surface area (Å²) in [7, 11) is 0. The summed E-state index contributed by atoms with van der Waals surface area (Å²) in [6, 6.07) is 15.8. The third kappa shape index (κ3) is 5.30. The maximum absolute atomic E-state index is 13.9. The normalized spacial score (nSPS) is 11.4. The number of nitrogens with one attached hydrogen (secondary N) is 3. The first kappa shape index (κ1) is 20.3.